The molecule has 1 aromatic heterocycles. The van der Waals surface area contributed by atoms with Crippen molar-refractivity contribution in [1.82, 2.24) is 9.71 Å². The Bertz CT molecular complexity index is 488. The third-order valence-electron chi connectivity index (χ3n) is 2.41. The van der Waals surface area contributed by atoms with Crippen molar-refractivity contribution in [3.8, 4) is 0 Å². The fourth-order valence-corrected chi connectivity index (χ4v) is 2.34. The highest BCUT2D eigenvalue weighted by Gasteiger charge is 2.25. The molecule has 1 heterocycles. The van der Waals surface area contributed by atoms with Gasteiger partial charge in [-0.2, -0.15) is 0 Å². The maximum absolute atomic E-state index is 14.0. The van der Waals surface area contributed by atoms with Crippen molar-refractivity contribution in [2.75, 3.05) is 0 Å². The van der Waals surface area contributed by atoms with Crippen LogP contribution in [0.3, 0.4) is 0 Å². The van der Waals surface area contributed by atoms with Crippen molar-refractivity contribution in [3.05, 3.63) is 41.5 Å². The Morgan fingerprint density at radius 1 is 1.63 bits per heavy atom. The Kier molecular flexibility index (Phi) is 5.64. The van der Waals surface area contributed by atoms with Crippen LogP contribution in [-0.4, -0.2) is 13.9 Å². The number of halogens is 2. The van der Waals surface area contributed by atoms with Gasteiger partial charge in [0.15, 0.2) is 5.82 Å². The monoisotopic (exact) mass is 304 g/mol. The molecule has 106 valence electrons. The molecule has 0 saturated heterocycles. The summed E-state index contributed by atoms with van der Waals surface area (Å²) in [5.74, 6) is -0.588. The summed E-state index contributed by atoms with van der Waals surface area (Å²) in [6.07, 6.45) is 3.46. The number of nitrogens with zero attached hydrogens (tertiary/aromatic N) is 1. The van der Waals surface area contributed by atoms with Crippen molar-refractivity contribution in [2.24, 2.45) is 0 Å². The van der Waals surface area contributed by atoms with Crippen LogP contribution in [-0.2, 0) is 11.0 Å². The van der Waals surface area contributed by atoms with Crippen molar-refractivity contribution in [2.45, 2.75) is 38.0 Å². The molecule has 1 N–H and O–H groups in total. The predicted molar refractivity (Wildman–Crippen MR) is 77.8 cm³/mol. The van der Waals surface area contributed by atoms with E-state index in [1.54, 1.807) is 6.08 Å². The van der Waals surface area contributed by atoms with E-state index in [0.29, 0.717) is 6.42 Å². The van der Waals surface area contributed by atoms with Crippen LogP contribution in [0.2, 0.25) is 5.02 Å². The number of nitrogens with one attached hydrogen (secondary N) is 1. The summed E-state index contributed by atoms with van der Waals surface area (Å²) < 4.78 is 28.5. The first-order valence-electron chi connectivity index (χ1n) is 5.86. The molecule has 3 nitrogen and oxygen atoms in total. The second-order valence-corrected chi connectivity index (χ2v) is 7.47. The van der Waals surface area contributed by atoms with Crippen LogP contribution in [0.25, 0.3) is 0 Å². The summed E-state index contributed by atoms with van der Waals surface area (Å²) in [6, 6.07) is 0.864. The van der Waals surface area contributed by atoms with Gasteiger partial charge in [-0.1, -0.05) is 17.7 Å². The predicted octanol–water partition coefficient (Wildman–Crippen LogP) is 3.54. The van der Waals surface area contributed by atoms with Crippen LogP contribution in [0.1, 0.15) is 38.9 Å². The van der Waals surface area contributed by atoms with E-state index in [2.05, 4.69) is 16.3 Å². The van der Waals surface area contributed by atoms with Gasteiger partial charge in [-0.15, -0.1) is 6.58 Å². The van der Waals surface area contributed by atoms with Crippen molar-refractivity contribution in [3.63, 3.8) is 0 Å². The van der Waals surface area contributed by atoms with Crippen LogP contribution in [0.5, 0.6) is 0 Å². The van der Waals surface area contributed by atoms with Gasteiger partial charge >= 0.3 is 0 Å². The number of rotatable bonds is 5. The standard InChI is InChI=1S/C13H18ClFN2OS/c1-5-6-10(17-19(18)13(2,3)4)12-11(15)9(14)7-8-16-12/h5,7-8,10,17H,1,6H2,2-4H3/t10-,19?/m1/s1. The fourth-order valence-electron chi connectivity index (χ4n) is 1.37. The molecular formula is C13H18ClFN2OS. The minimum atomic E-state index is -1.33. The smallest absolute Gasteiger partial charge is 0.164 e. The lowest BCUT2D eigenvalue weighted by Gasteiger charge is -2.23. The SMILES string of the molecule is C=CC[C@@H](NS(=O)C(C)(C)C)c1nccc(Cl)c1F. The topological polar surface area (TPSA) is 42.0 Å². The highest BCUT2D eigenvalue weighted by molar-refractivity contribution is 7.84. The second kappa shape index (κ2) is 6.59. The summed E-state index contributed by atoms with van der Waals surface area (Å²) in [5, 5.41) is 0.00223. The number of hydrogen-bond acceptors (Lipinski definition) is 2. The van der Waals surface area contributed by atoms with E-state index in [0.717, 1.165) is 0 Å². The Balaban J connectivity index is 3.04. The van der Waals surface area contributed by atoms with E-state index in [1.165, 1.54) is 12.3 Å². The molecule has 0 amide bonds. The maximum atomic E-state index is 14.0. The first kappa shape index (κ1) is 16.3. The Morgan fingerprint density at radius 2 is 2.26 bits per heavy atom. The Labute approximate surface area is 120 Å². The molecule has 1 rings (SSSR count). The number of aromatic nitrogens is 1. The zero-order valence-corrected chi connectivity index (χ0v) is 12.8. The first-order valence-corrected chi connectivity index (χ1v) is 7.39. The average molecular weight is 305 g/mol. The van der Waals surface area contributed by atoms with Crippen LogP contribution in [0.4, 0.5) is 4.39 Å². The van der Waals surface area contributed by atoms with Crippen LogP contribution in [0, 0.1) is 5.82 Å². The summed E-state index contributed by atoms with van der Waals surface area (Å²) in [4.78, 5) is 3.99. The lowest BCUT2D eigenvalue weighted by molar-refractivity contribution is 0.541. The molecule has 0 aliphatic carbocycles. The van der Waals surface area contributed by atoms with E-state index in [1.807, 2.05) is 20.8 Å². The van der Waals surface area contributed by atoms with E-state index in [4.69, 9.17) is 11.6 Å². The van der Waals surface area contributed by atoms with Crippen molar-refractivity contribution < 1.29 is 8.60 Å². The zero-order chi connectivity index (χ0) is 14.6. The van der Waals surface area contributed by atoms with Crippen molar-refractivity contribution in [1.29, 1.82) is 0 Å². The molecule has 0 radical (unpaired) electrons. The Morgan fingerprint density at radius 3 is 2.79 bits per heavy atom. The van der Waals surface area contributed by atoms with Gasteiger partial charge < -0.3 is 0 Å². The minimum absolute atomic E-state index is 0.00223. The lowest BCUT2D eigenvalue weighted by Crippen LogP contribution is -2.36. The number of hydrogen-bond donors (Lipinski definition) is 1. The minimum Gasteiger partial charge on any atom is -0.256 e. The van der Waals surface area contributed by atoms with Crippen molar-refractivity contribution >= 4 is 22.6 Å². The molecule has 19 heavy (non-hydrogen) atoms. The molecular weight excluding hydrogens is 287 g/mol. The average Bonchev–Trinajstić information content (AvgIpc) is 2.31. The fraction of sp³-hybridized carbons (Fsp3) is 0.462. The van der Waals surface area contributed by atoms with Gasteiger partial charge in [-0.3, -0.25) is 4.98 Å². The van der Waals surface area contributed by atoms with Gasteiger partial charge in [-0.25, -0.2) is 13.3 Å². The largest absolute Gasteiger partial charge is 0.256 e. The van der Waals surface area contributed by atoms with Gasteiger partial charge in [0, 0.05) is 6.20 Å². The second-order valence-electron chi connectivity index (χ2n) is 5.07. The van der Waals surface area contributed by atoms with Gasteiger partial charge in [0.05, 0.1) is 32.5 Å². The molecule has 2 atom stereocenters. The van der Waals surface area contributed by atoms with Gasteiger partial charge in [0.25, 0.3) is 0 Å². The molecule has 0 bridgehead atoms. The van der Waals surface area contributed by atoms with Crippen LogP contribution in [0.15, 0.2) is 24.9 Å². The van der Waals surface area contributed by atoms with Crippen LogP contribution >= 0.6 is 11.6 Å². The summed E-state index contributed by atoms with van der Waals surface area (Å²) >= 11 is 5.74. The van der Waals surface area contributed by atoms with Gasteiger partial charge in [-0.05, 0) is 33.3 Å². The van der Waals surface area contributed by atoms with E-state index in [-0.39, 0.29) is 10.7 Å². The molecule has 0 aliphatic rings. The highest BCUT2D eigenvalue weighted by atomic mass is 35.5. The molecule has 0 saturated carbocycles. The van der Waals surface area contributed by atoms with Gasteiger partial charge in [0.2, 0.25) is 0 Å². The lowest BCUT2D eigenvalue weighted by atomic mass is 10.1. The molecule has 0 spiro atoms. The first-order chi connectivity index (χ1) is 8.77. The normalized spacial score (nSPS) is 15.0. The third-order valence-corrected chi connectivity index (χ3v) is 4.31. The summed E-state index contributed by atoms with van der Waals surface area (Å²) in [6.45, 7) is 9.13. The van der Waals surface area contributed by atoms with E-state index < -0.39 is 27.6 Å². The summed E-state index contributed by atoms with van der Waals surface area (Å²) in [7, 11) is -1.33. The molecule has 6 heteroatoms. The Hall–Kier alpha value is -0.780. The number of pyridine rings is 1. The van der Waals surface area contributed by atoms with E-state index >= 15 is 0 Å². The maximum Gasteiger partial charge on any atom is 0.164 e. The summed E-state index contributed by atoms with van der Waals surface area (Å²) in [5.41, 5.74) is 0.157. The van der Waals surface area contributed by atoms with Gasteiger partial charge in [0.1, 0.15) is 0 Å². The highest BCUT2D eigenvalue weighted by Crippen LogP contribution is 2.25. The van der Waals surface area contributed by atoms with Crippen LogP contribution < -0.4 is 4.72 Å². The zero-order valence-electron chi connectivity index (χ0n) is 11.2. The molecule has 1 unspecified atom stereocenters. The van der Waals surface area contributed by atoms with E-state index in [9.17, 15) is 8.60 Å². The molecule has 1 aromatic rings. The third kappa shape index (κ3) is 4.37. The molecule has 0 aliphatic heterocycles. The molecule has 0 fully saturated rings. The quantitative estimate of drug-likeness (QED) is 0.845. The molecule has 0 aromatic carbocycles.